The summed E-state index contributed by atoms with van der Waals surface area (Å²) in [5, 5.41) is 12.4. The Hall–Kier alpha value is -0.660. The number of carbonyl (C=O) groups is 1. The van der Waals surface area contributed by atoms with Crippen molar-refractivity contribution in [3.8, 4) is 0 Å². The van der Waals surface area contributed by atoms with Gasteiger partial charge >= 0.3 is 0 Å². The van der Waals surface area contributed by atoms with Crippen LogP contribution in [0.5, 0.6) is 0 Å². The number of sulfone groups is 1. The van der Waals surface area contributed by atoms with E-state index in [9.17, 15) is 18.3 Å². The zero-order valence-electron chi connectivity index (χ0n) is 11.7. The van der Waals surface area contributed by atoms with Crippen molar-refractivity contribution in [1.29, 1.82) is 0 Å². The van der Waals surface area contributed by atoms with E-state index in [0.717, 1.165) is 6.26 Å². The van der Waals surface area contributed by atoms with Crippen LogP contribution < -0.4 is 5.32 Å². The molecule has 0 bridgehead atoms. The fourth-order valence-corrected chi connectivity index (χ4v) is 2.58. The van der Waals surface area contributed by atoms with E-state index in [-0.39, 0.29) is 11.7 Å². The summed E-state index contributed by atoms with van der Waals surface area (Å²) in [6.45, 7) is 3.68. The Labute approximate surface area is 109 Å². The standard InChI is InChI=1S/C11H24N2O4S/c1-8(7-18(5,16)17)11(15)12-9(2)10(14)6-13(3)4/h8-10,14H,6-7H2,1-5H3,(H,12,15)/t8-,9+,10-/m1/s1. The second-order valence-electron chi connectivity index (χ2n) is 5.12. The number of rotatable bonds is 7. The Morgan fingerprint density at radius 1 is 1.33 bits per heavy atom. The van der Waals surface area contributed by atoms with Crippen LogP contribution in [0.15, 0.2) is 0 Å². The minimum atomic E-state index is -3.17. The summed E-state index contributed by atoms with van der Waals surface area (Å²) in [4.78, 5) is 13.5. The molecular weight excluding hydrogens is 256 g/mol. The highest BCUT2D eigenvalue weighted by Gasteiger charge is 2.22. The van der Waals surface area contributed by atoms with Gasteiger partial charge in [-0.15, -0.1) is 0 Å². The highest BCUT2D eigenvalue weighted by Crippen LogP contribution is 2.02. The van der Waals surface area contributed by atoms with Gasteiger partial charge in [0.2, 0.25) is 5.91 Å². The molecule has 7 heteroatoms. The first-order valence-electron chi connectivity index (χ1n) is 5.84. The van der Waals surface area contributed by atoms with Crippen LogP contribution in [0.3, 0.4) is 0 Å². The summed E-state index contributed by atoms with van der Waals surface area (Å²) in [5.74, 6) is -1.16. The number of hydrogen-bond acceptors (Lipinski definition) is 5. The third-order valence-electron chi connectivity index (χ3n) is 2.50. The molecule has 0 aliphatic rings. The van der Waals surface area contributed by atoms with Crippen molar-refractivity contribution in [1.82, 2.24) is 10.2 Å². The summed E-state index contributed by atoms with van der Waals surface area (Å²) in [7, 11) is 0.472. The summed E-state index contributed by atoms with van der Waals surface area (Å²) >= 11 is 0. The zero-order chi connectivity index (χ0) is 14.5. The molecule has 108 valence electrons. The molecule has 0 aromatic carbocycles. The highest BCUT2D eigenvalue weighted by atomic mass is 32.2. The van der Waals surface area contributed by atoms with Crippen molar-refractivity contribution in [2.45, 2.75) is 26.0 Å². The molecule has 0 unspecified atom stereocenters. The maximum Gasteiger partial charge on any atom is 0.224 e. The fraction of sp³-hybridized carbons (Fsp3) is 0.909. The Balaban J connectivity index is 4.30. The molecule has 0 radical (unpaired) electrons. The molecule has 0 aliphatic carbocycles. The molecule has 0 heterocycles. The zero-order valence-corrected chi connectivity index (χ0v) is 12.5. The molecule has 3 atom stereocenters. The molecule has 0 saturated heterocycles. The number of carbonyl (C=O) groups excluding carboxylic acids is 1. The normalized spacial score (nSPS) is 17.3. The Bertz CT molecular complexity index is 367. The average molecular weight is 280 g/mol. The first-order valence-corrected chi connectivity index (χ1v) is 7.90. The van der Waals surface area contributed by atoms with Crippen LogP contribution in [-0.4, -0.2) is 69.1 Å². The van der Waals surface area contributed by atoms with Gasteiger partial charge in [0.25, 0.3) is 0 Å². The van der Waals surface area contributed by atoms with E-state index in [0.29, 0.717) is 6.54 Å². The van der Waals surface area contributed by atoms with Gasteiger partial charge < -0.3 is 15.3 Å². The number of nitrogens with zero attached hydrogens (tertiary/aromatic N) is 1. The van der Waals surface area contributed by atoms with Crippen LogP contribution in [0.25, 0.3) is 0 Å². The highest BCUT2D eigenvalue weighted by molar-refractivity contribution is 7.90. The van der Waals surface area contributed by atoms with Gasteiger partial charge in [0, 0.05) is 18.7 Å². The van der Waals surface area contributed by atoms with Gasteiger partial charge in [0.15, 0.2) is 0 Å². The van der Waals surface area contributed by atoms with Gasteiger partial charge in [-0.3, -0.25) is 4.79 Å². The molecule has 0 saturated carbocycles. The maximum atomic E-state index is 11.7. The van der Waals surface area contributed by atoms with Gasteiger partial charge in [-0.25, -0.2) is 8.42 Å². The predicted octanol–water partition coefficient (Wildman–Crippen LogP) is -0.906. The summed E-state index contributed by atoms with van der Waals surface area (Å²) in [5.41, 5.74) is 0. The van der Waals surface area contributed by atoms with Crippen LogP contribution in [0.1, 0.15) is 13.8 Å². The molecule has 0 fully saturated rings. The molecule has 0 rings (SSSR count). The molecule has 6 nitrogen and oxygen atoms in total. The van der Waals surface area contributed by atoms with Crippen molar-refractivity contribution in [3.63, 3.8) is 0 Å². The fourth-order valence-electron chi connectivity index (χ4n) is 1.52. The molecule has 0 aromatic heterocycles. The second-order valence-corrected chi connectivity index (χ2v) is 7.31. The molecule has 2 N–H and O–H groups in total. The largest absolute Gasteiger partial charge is 0.390 e. The lowest BCUT2D eigenvalue weighted by Crippen LogP contribution is -2.47. The number of hydrogen-bond donors (Lipinski definition) is 2. The molecule has 18 heavy (non-hydrogen) atoms. The third kappa shape index (κ3) is 7.62. The summed E-state index contributed by atoms with van der Waals surface area (Å²) in [6.07, 6.45) is 0.413. The van der Waals surface area contributed by atoms with Crippen molar-refractivity contribution < 1.29 is 18.3 Å². The van der Waals surface area contributed by atoms with E-state index < -0.39 is 27.9 Å². The Morgan fingerprint density at radius 2 is 1.83 bits per heavy atom. The lowest BCUT2D eigenvalue weighted by Gasteiger charge is -2.24. The van der Waals surface area contributed by atoms with E-state index in [1.54, 1.807) is 13.8 Å². The summed E-state index contributed by atoms with van der Waals surface area (Å²) < 4.78 is 22.2. The first kappa shape index (κ1) is 17.3. The van der Waals surface area contributed by atoms with E-state index in [1.165, 1.54) is 0 Å². The first-order chi connectivity index (χ1) is 8.03. The van der Waals surface area contributed by atoms with Crippen LogP contribution in [0, 0.1) is 5.92 Å². The number of likely N-dealkylation sites (N-methyl/N-ethyl adjacent to an activating group) is 1. The van der Waals surface area contributed by atoms with Crippen LogP contribution in [0.2, 0.25) is 0 Å². The van der Waals surface area contributed by atoms with Crippen molar-refractivity contribution in [2.75, 3.05) is 32.6 Å². The SMILES string of the molecule is C[C@H](CS(C)(=O)=O)C(=O)N[C@@H](C)[C@H](O)CN(C)C. The van der Waals surface area contributed by atoms with E-state index in [4.69, 9.17) is 0 Å². The van der Waals surface area contributed by atoms with E-state index >= 15 is 0 Å². The van der Waals surface area contributed by atoms with Gasteiger partial charge in [0.1, 0.15) is 9.84 Å². The quantitative estimate of drug-likeness (QED) is 0.631. The molecule has 0 aliphatic heterocycles. The Morgan fingerprint density at radius 3 is 2.22 bits per heavy atom. The maximum absolute atomic E-state index is 11.7. The van der Waals surface area contributed by atoms with Gasteiger partial charge in [-0.1, -0.05) is 6.92 Å². The average Bonchev–Trinajstić information content (AvgIpc) is 2.13. The number of nitrogens with one attached hydrogen (secondary N) is 1. The number of aliphatic hydroxyl groups is 1. The van der Waals surface area contributed by atoms with Gasteiger partial charge in [-0.05, 0) is 21.0 Å². The van der Waals surface area contributed by atoms with Gasteiger partial charge in [0.05, 0.1) is 17.9 Å². The summed E-state index contributed by atoms with van der Waals surface area (Å²) in [6, 6.07) is -0.415. The van der Waals surface area contributed by atoms with E-state index in [1.807, 2.05) is 19.0 Å². The number of aliphatic hydroxyl groups excluding tert-OH is 1. The number of amides is 1. The molecule has 1 amide bonds. The lowest BCUT2D eigenvalue weighted by atomic mass is 10.1. The lowest BCUT2D eigenvalue weighted by molar-refractivity contribution is -0.125. The van der Waals surface area contributed by atoms with Crippen LogP contribution >= 0.6 is 0 Å². The minimum absolute atomic E-state index is 0.185. The topological polar surface area (TPSA) is 86.7 Å². The smallest absolute Gasteiger partial charge is 0.224 e. The monoisotopic (exact) mass is 280 g/mol. The van der Waals surface area contributed by atoms with Gasteiger partial charge in [-0.2, -0.15) is 0 Å². The third-order valence-corrected chi connectivity index (χ3v) is 3.61. The van der Waals surface area contributed by atoms with Crippen molar-refractivity contribution in [2.24, 2.45) is 5.92 Å². The molecular formula is C11H24N2O4S. The molecule has 0 aromatic rings. The van der Waals surface area contributed by atoms with Crippen LogP contribution in [-0.2, 0) is 14.6 Å². The Kier molecular flexibility index (Phi) is 6.80. The molecule has 0 spiro atoms. The predicted molar refractivity (Wildman–Crippen MR) is 71.0 cm³/mol. The van der Waals surface area contributed by atoms with Crippen molar-refractivity contribution in [3.05, 3.63) is 0 Å². The van der Waals surface area contributed by atoms with Crippen molar-refractivity contribution >= 4 is 15.7 Å². The minimum Gasteiger partial charge on any atom is -0.390 e. The second kappa shape index (κ2) is 7.06. The van der Waals surface area contributed by atoms with Crippen LogP contribution in [0.4, 0.5) is 0 Å². The van der Waals surface area contributed by atoms with E-state index in [2.05, 4.69) is 5.32 Å².